The number of aliphatic hydroxyl groups excluding tert-OH is 1. The average molecular weight is 538 g/mol. The third-order valence-electron chi connectivity index (χ3n) is 5.72. The van der Waals surface area contributed by atoms with Gasteiger partial charge in [0.1, 0.15) is 25.1 Å². The van der Waals surface area contributed by atoms with Crippen molar-refractivity contribution in [3.05, 3.63) is 77.9 Å². The Labute approximate surface area is 228 Å². The molecule has 0 saturated heterocycles. The fourth-order valence-electron chi connectivity index (χ4n) is 3.70. The Morgan fingerprint density at radius 1 is 0.846 bits per heavy atom. The summed E-state index contributed by atoms with van der Waals surface area (Å²) >= 11 is 0. The van der Waals surface area contributed by atoms with Crippen LogP contribution in [0.15, 0.2) is 66.7 Å². The van der Waals surface area contributed by atoms with E-state index in [1.54, 1.807) is 63.8 Å². The van der Waals surface area contributed by atoms with E-state index >= 15 is 0 Å². The van der Waals surface area contributed by atoms with Crippen LogP contribution in [0.5, 0.6) is 28.7 Å². The van der Waals surface area contributed by atoms with Gasteiger partial charge in [-0.2, -0.15) is 0 Å². The topological polar surface area (TPSA) is 105 Å². The number of hydrogen-bond acceptors (Lipinski definition) is 9. The summed E-state index contributed by atoms with van der Waals surface area (Å²) in [5, 5.41) is 13.4. The van der Waals surface area contributed by atoms with Gasteiger partial charge in [0, 0.05) is 13.1 Å². The van der Waals surface area contributed by atoms with E-state index in [-0.39, 0.29) is 6.61 Å². The van der Waals surface area contributed by atoms with Gasteiger partial charge >= 0.3 is 5.97 Å². The van der Waals surface area contributed by atoms with Crippen LogP contribution < -0.4 is 29.0 Å². The summed E-state index contributed by atoms with van der Waals surface area (Å²) in [5.74, 6) is 2.57. The molecular weight excluding hydrogens is 502 g/mol. The van der Waals surface area contributed by atoms with Crippen molar-refractivity contribution in [2.45, 2.75) is 6.10 Å². The molecule has 0 aromatic heterocycles. The normalized spacial score (nSPS) is 11.9. The molecule has 0 aliphatic heterocycles. The molecule has 9 heteroatoms. The molecular formula is C30H35NO8. The number of hydrogen-bond donors (Lipinski definition) is 2. The summed E-state index contributed by atoms with van der Waals surface area (Å²) in [6.45, 7) is 1.42. The smallest absolute Gasteiger partial charge is 0.338 e. The minimum absolute atomic E-state index is 0.102. The number of methoxy groups -OCH3 is 4. The molecule has 0 spiro atoms. The number of esters is 1. The van der Waals surface area contributed by atoms with Crippen LogP contribution in [0.1, 0.15) is 11.1 Å². The lowest BCUT2D eigenvalue weighted by molar-refractivity contribution is -0.133. The lowest BCUT2D eigenvalue weighted by atomic mass is 10.0. The molecule has 208 valence electrons. The van der Waals surface area contributed by atoms with E-state index in [4.69, 9.17) is 28.4 Å². The van der Waals surface area contributed by atoms with Gasteiger partial charge in [0.25, 0.3) is 0 Å². The highest BCUT2D eigenvalue weighted by Gasteiger charge is 2.14. The Morgan fingerprint density at radius 2 is 1.51 bits per heavy atom. The number of para-hydroxylation sites is 2. The first-order valence-corrected chi connectivity index (χ1v) is 12.4. The molecule has 1 unspecified atom stereocenters. The van der Waals surface area contributed by atoms with Crippen molar-refractivity contribution in [2.75, 3.05) is 54.7 Å². The lowest BCUT2D eigenvalue weighted by Crippen LogP contribution is -2.33. The van der Waals surface area contributed by atoms with E-state index in [0.717, 1.165) is 5.56 Å². The van der Waals surface area contributed by atoms with E-state index in [1.165, 1.54) is 7.11 Å². The zero-order chi connectivity index (χ0) is 28.0. The number of nitrogens with one attached hydrogen (secondary N) is 1. The van der Waals surface area contributed by atoms with Crippen molar-refractivity contribution in [1.82, 2.24) is 5.32 Å². The van der Waals surface area contributed by atoms with Gasteiger partial charge in [-0.1, -0.05) is 30.3 Å². The Morgan fingerprint density at radius 3 is 2.18 bits per heavy atom. The van der Waals surface area contributed by atoms with Crippen LogP contribution in [0.25, 0.3) is 11.6 Å². The van der Waals surface area contributed by atoms with E-state index in [0.29, 0.717) is 59.6 Å². The predicted molar refractivity (Wildman–Crippen MR) is 149 cm³/mol. The SMILES string of the molecule is COC(=O)C(=Cc1ccc(OC)c(OC)c1)c1ccc(OCC(O)CNCCOc2ccccc2OC)cc1. The summed E-state index contributed by atoms with van der Waals surface area (Å²) in [5.41, 5.74) is 1.77. The molecule has 0 heterocycles. The van der Waals surface area contributed by atoms with Gasteiger partial charge < -0.3 is 38.8 Å². The summed E-state index contributed by atoms with van der Waals surface area (Å²) in [4.78, 5) is 12.5. The maximum Gasteiger partial charge on any atom is 0.338 e. The standard InChI is InChI=1S/C30H35NO8/c1-34-26-7-5-6-8-28(26)38-16-15-31-19-23(32)20-39-24-12-10-22(11-13-24)25(30(33)37-4)17-21-9-14-27(35-2)29(18-21)36-3/h5-14,17-18,23,31-32H,15-16,19-20H2,1-4H3. The number of benzene rings is 3. The molecule has 0 radical (unpaired) electrons. The number of carbonyl (C=O) groups is 1. The highest BCUT2D eigenvalue weighted by molar-refractivity contribution is 6.21. The van der Waals surface area contributed by atoms with Crippen molar-refractivity contribution >= 4 is 17.6 Å². The highest BCUT2D eigenvalue weighted by Crippen LogP contribution is 2.30. The third kappa shape index (κ3) is 8.66. The van der Waals surface area contributed by atoms with Crippen LogP contribution in [0, 0.1) is 0 Å². The van der Waals surface area contributed by atoms with E-state index < -0.39 is 12.1 Å². The average Bonchev–Trinajstić information content (AvgIpc) is 2.98. The van der Waals surface area contributed by atoms with Crippen LogP contribution in [0.3, 0.4) is 0 Å². The summed E-state index contributed by atoms with van der Waals surface area (Å²) < 4.78 is 32.3. The predicted octanol–water partition coefficient (Wildman–Crippen LogP) is 3.83. The molecule has 0 bridgehead atoms. The molecule has 0 saturated carbocycles. The minimum atomic E-state index is -0.716. The lowest BCUT2D eigenvalue weighted by Gasteiger charge is -2.15. The highest BCUT2D eigenvalue weighted by atomic mass is 16.5. The van der Waals surface area contributed by atoms with Crippen LogP contribution in [0.2, 0.25) is 0 Å². The first-order valence-electron chi connectivity index (χ1n) is 12.4. The largest absolute Gasteiger partial charge is 0.493 e. The van der Waals surface area contributed by atoms with Crippen LogP contribution in [-0.4, -0.2) is 71.9 Å². The Bertz CT molecular complexity index is 1230. The molecule has 0 aliphatic rings. The quantitative estimate of drug-likeness (QED) is 0.130. The van der Waals surface area contributed by atoms with Crippen LogP contribution in [0.4, 0.5) is 0 Å². The number of rotatable bonds is 15. The summed E-state index contributed by atoms with van der Waals surface area (Å²) in [6, 6.07) is 19.8. The second-order valence-electron chi connectivity index (χ2n) is 8.36. The fourth-order valence-corrected chi connectivity index (χ4v) is 3.70. The van der Waals surface area contributed by atoms with Crippen molar-refractivity contribution < 1.29 is 38.3 Å². The zero-order valence-corrected chi connectivity index (χ0v) is 22.6. The first-order chi connectivity index (χ1) is 19.0. The monoisotopic (exact) mass is 537 g/mol. The summed E-state index contributed by atoms with van der Waals surface area (Å²) in [7, 11) is 6.05. The maximum atomic E-state index is 12.5. The van der Waals surface area contributed by atoms with Crippen molar-refractivity contribution in [3.63, 3.8) is 0 Å². The zero-order valence-electron chi connectivity index (χ0n) is 22.6. The molecule has 39 heavy (non-hydrogen) atoms. The number of aliphatic hydroxyl groups is 1. The van der Waals surface area contributed by atoms with E-state index in [2.05, 4.69) is 5.32 Å². The molecule has 0 aliphatic carbocycles. The molecule has 9 nitrogen and oxygen atoms in total. The minimum Gasteiger partial charge on any atom is -0.493 e. The van der Waals surface area contributed by atoms with Crippen LogP contribution >= 0.6 is 0 Å². The Balaban J connectivity index is 1.51. The summed E-state index contributed by atoms with van der Waals surface area (Å²) in [6.07, 6.45) is 1.00. The molecule has 2 N–H and O–H groups in total. The van der Waals surface area contributed by atoms with Gasteiger partial charge in [-0.05, 0) is 53.6 Å². The Kier molecular flexibility index (Phi) is 11.5. The Hall–Kier alpha value is -4.21. The van der Waals surface area contributed by atoms with E-state index in [1.807, 2.05) is 30.3 Å². The molecule has 3 rings (SSSR count). The van der Waals surface area contributed by atoms with Crippen LogP contribution in [-0.2, 0) is 9.53 Å². The fraction of sp³-hybridized carbons (Fsp3) is 0.300. The van der Waals surface area contributed by atoms with Gasteiger partial charge in [-0.3, -0.25) is 0 Å². The van der Waals surface area contributed by atoms with Crippen molar-refractivity contribution in [2.24, 2.45) is 0 Å². The van der Waals surface area contributed by atoms with Gasteiger partial charge in [0.15, 0.2) is 23.0 Å². The van der Waals surface area contributed by atoms with Gasteiger partial charge in [-0.25, -0.2) is 4.79 Å². The molecule has 3 aromatic carbocycles. The van der Waals surface area contributed by atoms with Gasteiger partial charge in [-0.15, -0.1) is 0 Å². The maximum absolute atomic E-state index is 12.5. The first kappa shape index (κ1) is 29.3. The number of ether oxygens (including phenoxy) is 6. The molecule has 0 amide bonds. The second kappa shape index (κ2) is 15.3. The van der Waals surface area contributed by atoms with E-state index in [9.17, 15) is 9.90 Å². The van der Waals surface area contributed by atoms with Crippen molar-refractivity contribution in [1.29, 1.82) is 0 Å². The second-order valence-corrected chi connectivity index (χ2v) is 8.36. The molecule has 0 fully saturated rings. The number of carbonyl (C=O) groups excluding carboxylic acids is 1. The third-order valence-corrected chi connectivity index (χ3v) is 5.72. The van der Waals surface area contributed by atoms with Gasteiger partial charge in [0.05, 0.1) is 34.0 Å². The van der Waals surface area contributed by atoms with Gasteiger partial charge in [0.2, 0.25) is 0 Å². The molecule has 1 atom stereocenters. The van der Waals surface area contributed by atoms with Crippen molar-refractivity contribution in [3.8, 4) is 28.7 Å². The molecule has 3 aromatic rings.